The van der Waals surface area contributed by atoms with E-state index in [9.17, 15) is 24.0 Å². The molecule has 4 rings (SSSR count). The zero-order chi connectivity index (χ0) is 25.3. The van der Waals surface area contributed by atoms with Gasteiger partial charge >= 0.3 is 11.9 Å². The van der Waals surface area contributed by atoms with Crippen LogP contribution in [0, 0.1) is 13.8 Å². The second kappa shape index (κ2) is 9.38. The lowest BCUT2D eigenvalue weighted by atomic mass is 9.84. The number of carbonyl (C=O) groups excluding carboxylic acids is 5. The fourth-order valence-corrected chi connectivity index (χ4v) is 4.04. The lowest BCUT2D eigenvalue weighted by Crippen LogP contribution is -2.23. The van der Waals surface area contributed by atoms with Gasteiger partial charge in [-0.25, -0.2) is 9.59 Å². The van der Waals surface area contributed by atoms with Crippen molar-refractivity contribution >= 4 is 35.1 Å². The molecule has 1 heterocycles. The summed E-state index contributed by atoms with van der Waals surface area (Å²) in [6.07, 6.45) is 0. The summed E-state index contributed by atoms with van der Waals surface area (Å²) in [6, 6.07) is 11.0. The summed E-state index contributed by atoms with van der Waals surface area (Å²) >= 11 is 0. The second-order valence-corrected chi connectivity index (χ2v) is 7.93. The molecule has 178 valence electrons. The molecule has 9 nitrogen and oxygen atoms in total. The first-order chi connectivity index (χ1) is 16.7. The topological polar surface area (TPSA) is 132 Å². The van der Waals surface area contributed by atoms with Crippen LogP contribution in [0.1, 0.15) is 70.9 Å². The van der Waals surface area contributed by atoms with E-state index in [4.69, 9.17) is 9.47 Å². The number of ketones is 2. The van der Waals surface area contributed by atoms with E-state index in [-0.39, 0.29) is 46.2 Å². The van der Waals surface area contributed by atoms with E-state index in [1.54, 1.807) is 45.0 Å². The van der Waals surface area contributed by atoms with Crippen LogP contribution in [-0.4, -0.2) is 47.6 Å². The third-order valence-corrected chi connectivity index (χ3v) is 5.66. The average Bonchev–Trinajstić information content (AvgIpc) is 3.15. The molecule has 3 aromatic rings. The van der Waals surface area contributed by atoms with Crippen molar-refractivity contribution in [3.63, 3.8) is 0 Å². The van der Waals surface area contributed by atoms with E-state index in [0.29, 0.717) is 22.4 Å². The molecule has 35 heavy (non-hydrogen) atoms. The number of hydrogen-bond acceptors (Lipinski definition) is 7. The highest BCUT2D eigenvalue weighted by molar-refractivity contribution is 6.28. The monoisotopic (exact) mass is 474 g/mol. The smallest absolute Gasteiger partial charge is 0.355 e. The maximum atomic E-state index is 12.8. The lowest BCUT2D eigenvalue weighted by Gasteiger charge is -2.18. The summed E-state index contributed by atoms with van der Waals surface area (Å²) in [5, 5.41) is 2.56. The van der Waals surface area contributed by atoms with Gasteiger partial charge in [0.15, 0.2) is 18.2 Å². The Balaban J connectivity index is 1.43. The van der Waals surface area contributed by atoms with Gasteiger partial charge in [0.05, 0.1) is 12.2 Å². The Morgan fingerprint density at radius 3 is 2.14 bits per heavy atom. The number of aryl methyl sites for hydroxylation is 1. The van der Waals surface area contributed by atoms with Crippen molar-refractivity contribution in [2.24, 2.45) is 0 Å². The van der Waals surface area contributed by atoms with Crippen molar-refractivity contribution in [2.45, 2.75) is 20.8 Å². The minimum absolute atomic E-state index is 0.0508. The Kier molecular flexibility index (Phi) is 6.33. The number of fused-ring (bicyclic) bond motifs is 2. The number of amides is 1. The first-order valence-electron chi connectivity index (χ1n) is 10.9. The number of benzene rings is 2. The first kappa shape index (κ1) is 23.6. The van der Waals surface area contributed by atoms with Gasteiger partial charge in [-0.1, -0.05) is 24.3 Å². The molecule has 2 N–H and O–H groups in total. The lowest BCUT2D eigenvalue weighted by molar-refractivity contribution is -0.119. The number of aromatic nitrogens is 1. The van der Waals surface area contributed by atoms with Gasteiger partial charge < -0.3 is 19.8 Å². The van der Waals surface area contributed by atoms with Crippen molar-refractivity contribution in [2.75, 3.05) is 18.5 Å². The number of ether oxygens (including phenoxy) is 2. The Bertz CT molecular complexity index is 1400. The van der Waals surface area contributed by atoms with Crippen LogP contribution in [-0.2, 0) is 14.3 Å². The van der Waals surface area contributed by atoms with E-state index in [2.05, 4.69) is 10.3 Å². The van der Waals surface area contributed by atoms with Gasteiger partial charge in [-0.2, -0.15) is 0 Å². The molecule has 0 radical (unpaired) electrons. The molecular formula is C26H22N2O7. The van der Waals surface area contributed by atoms with Gasteiger partial charge in [-0.15, -0.1) is 0 Å². The van der Waals surface area contributed by atoms with E-state index < -0.39 is 24.5 Å². The number of H-pyrrole nitrogens is 1. The number of aromatic amines is 1. The van der Waals surface area contributed by atoms with Gasteiger partial charge in [-0.05, 0) is 44.5 Å². The summed E-state index contributed by atoms with van der Waals surface area (Å²) in [5.41, 5.74) is 2.49. The fraction of sp³-hybridized carbons (Fsp3) is 0.192. The van der Waals surface area contributed by atoms with Crippen LogP contribution in [0.2, 0.25) is 0 Å². The van der Waals surface area contributed by atoms with Crippen molar-refractivity contribution < 1.29 is 33.4 Å². The maximum Gasteiger partial charge on any atom is 0.355 e. The van der Waals surface area contributed by atoms with E-state index in [0.717, 1.165) is 0 Å². The molecule has 1 aliphatic carbocycles. The second-order valence-electron chi connectivity index (χ2n) is 7.93. The van der Waals surface area contributed by atoms with Crippen molar-refractivity contribution in [3.8, 4) is 0 Å². The minimum Gasteiger partial charge on any atom is -0.462 e. The van der Waals surface area contributed by atoms with E-state index in [1.807, 2.05) is 0 Å². The molecule has 9 heteroatoms. The quantitative estimate of drug-likeness (QED) is 0.410. The first-order valence-corrected chi connectivity index (χ1v) is 10.9. The summed E-state index contributed by atoms with van der Waals surface area (Å²) in [6.45, 7) is 4.48. The molecule has 0 unspecified atom stereocenters. The van der Waals surface area contributed by atoms with Gasteiger partial charge in [-0.3, -0.25) is 14.4 Å². The highest BCUT2D eigenvalue weighted by Gasteiger charge is 2.29. The largest absolute Gasteiger partial charge is 0.462 e. The average molecular weight is 474 g/mol. The Labute approximate surface area is 200 Å². The normalized spacial score (nSPS) is 12.0. The SMILES string of the molecule is CCOC(=O)c1c(C)[nH]c(C(=O)OCC(=O)Nc2ccc3c(c2)C(=O)c2ccccc2C3=O)c1C. The van der Waals surface area contributed by atoms with Crippen molar-refractivity contribution in [1.82, 2.24) is 4.98 Å². The highest BCUT2D eigenvalue weighted by Crippen LogP contribution is 2.29. The van der Waals surface area contributed by atoms with Crippen LogP contribution in [0.5, 0.6) is 0 Å². The number of carbonyl (C=O) groups is 5. The molecule has 2 aromatic carbocycles. The minimum atomic E-state index is -0.806. The van der Waals surface area contributed by atoms with Crippen LogP contribution in [0.3, 0.4) is 0 Å². The van der Waals surface area contributed by atoms with E-state index in [1.165, 1.54) is 18.2 Å². The van der Waals surface area contributed by atoms with Crippen LogP contribution < -0.4 is 5.32 Å². The van der Waals surface area contributed by atoms with E-state index >= 15 is 0 Å². The number of rotatable bonds is 6. The third kappa shape index (κ3) is 4.35. The standard InChI is InChI=1S/C26H22N2O7/c1-4-34-25(32)21-13(2)22(27-14(21)3)26(33)35-12-20(29)28-15-9-10-18-19(11-15)24(31)17-8-6-5-7-16(17)23(18)30/h5-11,27H,4,12H2,1-3H3,(H,28,29). The predicted octanol–water partition coefficient (Wildman–Crippen LogP) is 3.38. The molecule has 0 saturated carbocycles. The Morgan fingerprint density at radius 2 is 1.49 bits per heavy atom. The Morgan fingerprint density at radius 1 is 0.857 bits per heavy atom. The van der Waals surface area contributed by atoms with Crippen LogP contribution >= 0.6 is 0 Å². The molecule has 1 amide bonds. The van der Waals surface area contributed by atoms with Crippen molar-refractivity contribution in [1.29, 1.82) is 0 Å². The Hall–Kier alpha value is -4.53. The molecule has 0 atom stereocenters. The zero-order valence-electron chi connectivity index (χ0n) is 19.3. The summed E-state index contributed by atoms with van der Waals surface area (Å²) in [7, 11) is 0. The molecular weight excluding hydrogens is 452 g/mol. The number of nitrogens with one attached hydrogen (secondary N) is 2. The van der Waals surface area contributed by atoms with Gasteiger partial charge in [0.25, 0.3) is 5.91 Å². The molecule has 0 aliphatic heterocycles. The molecule has 0 bridgehead atoms. The predicted molar refractivity (Wildman–Crippen MR) is 125 cm³/mol. The summed E-state index contributed by atoms with van der Waals surface area (Å²) in [4.78, 5) is 65.3. The van der Waals surface area contributed by atoms with Gasteiger partial charge in [0, 0.05) is 33.6 Å². The summed E-state index contributed by atoms with van der Waals surface area (Å²) < 4.78 is 10.1. The highest BCUT2D eigenvalue weighted by atomic mass is 16.5. The molecule has 0 saturated heterocycles. The van der Waals surface area contributed by atoms with Crippen LogP contribution in [0.25, 0.3) is 0 Å². The zero-order valence-corrected chi connectivity index (χ0v) is 19.3. The number of esters is 2. The van der Waals surface area contributed by atoms with Gasteiger partial charge in [0.1, 0.15) is 5.69 Å². The molecule has 1 aliphatic rings. The third-order valence-electron chi connectivity index (χ3n) is 5.66. The van der Waals surface area contributed by atoms with Crippen molar-refractivity contribution in [3.05, 3.63) is 87.2 Å². The van der Waals surface area contributed by atoms with Crippen LogP contribution in [0.15, 0.2) is 42.5 Å². The molecule has 0 fully saturated rings. The number of hydrogen-bond donors (Lipinski definition) is 2. The van der Waals surface area contributed by atoms with Gasteiger partial charge in [0.2, 0.25) is 0 Å². The fourth-order valence-electron chi connectivity index (χ4n) is 4.04. The molecule has 1 aromatic heterocycles. The van der Waals surface area contributed by atoms with Crippen LogP contribution in [0.4, 0.5) is 5.69 Å². The number of anilines is 1. The summed E-state index contributed by atoms with van der Waals surface area (Å²) in [5.74, 6) is -2.58. The molecule has 0 spiro atoms. The maximum absolute atomic E-state index is 12.8.